The maximum atomic E-state index is 9.55. The van der Waals surface area contributed by atoms with Gasteiger partial charge in [0.25, 0.3) is 0 Å². The highest BCUT2D eigenvalue weighted by atomic mass is 35.5. The number of benzene rings is 1. The summed E-state index contributed by atoms with van der Waals surface area (Å²) in [7, 11) is 0. The third kappa shape index (κ3) is 13.7. The molecule has 0 spiro atoms. The van der Waals surface area contributed by atoms with Crippen LogP contribution in [0.3, 0.4) is 0 Å². The van der Waals surface area contributed by atoms with Crippen LogP contribution in [0.15, 0.2) is 48.6 Å². The monoisotopic (exact) mass is 555 g/mol. The van der Waals surface area contributed by atoms with Crippen LogP contribution in [0.2, 0.25) is 5.02 Å². The van der Waals surface area contributed by atoms with Crippen molar-refractivity contribution in [1.29, 1.82) is 0 Å². The number of aliphatic carboxylic acids is 4. The standard InChI is InChI=1S/C17H26ClN3O.2C4H4O4/c1-2-17(21-11-13-22-14-12-21)20-9-7-19(8-10-20)16-5-3-15(18)4-6-16;2*5-3(6)1-2-4(7)8/h3-6,17H,2,7-14H2,1H3;2*1-2H,(H,5,6)(H,7,8)/b;2*2-1-. The average Bonchev–Trinajstić information content (AvgIpc) is 2.89. The lowest BCUT2D eigenvalue weighted by Crippen LogP contribution is -2.57. The quantitative estimate of drug-likeness (QED) is 0.344. The Bertz CT molecular complexity index is 889. The number of halogens is 1. The maximum absolute atomic E-state index is 9.55. The zero-order chi connectivity index (χ0) is 28.5. The summed E-state index contributed by atoms with van der Waals surface area (Å²) < 4.78 is 5.49. The average molecular weight is 556 g/mol. The summed E-state index contributed by atoms with van der Waals surface area (Å²) in [5, 5.41) is 32.1. The molecule has 1 unspecified atom stereocenters. The van der Waals surface area contributed by atoms with Crippen molar-refractivity contribution in [3.8, 4) is 0 Å². The van der Waals surface area contributed by atoms with Gasteiger partial charge in [-0.25, -0.2) is 19.2 Å². The van der Waals surface area contributed by atoms with E-state index in [-0.39, 0.29) is 0 Å². The molecular weight excluding hydrogens is 522 g/mol. The second-order valence-corrected chi connectivity index (χ2v) is 8.49. The van der Waals surface area contributed by atoms with Crippen LogP contribution >= 0.6 is 11.6 Å². The smallest absolute Gasteiger partial charge is 0.328 e. The Kier molecular flexibility index (Phi) is 15.4. The molecule has 3 rings (SSSR count). The van der Waals surface area contributed by atoms with Crippen LogP contribution < -0.4 is 4.90 Å². The van der Waals surface area contributed by atoms with Gasteiger partial charge in [0.05, 0.1) is 19.4 Å². The van der Waals surface area contributed by atoms with Crippen LogP contribution in [0, 0.1) is 0 Å². The third-order valence-corrected chi connectivity index (χ3v) is 5.75. The largest absolute Gasteiger partial charge is 0.478 e. The number of hydrogen-bond donors (Lipinski definition) is 4. The van der Waals surface area contributed by atoms with Crippen molar-refractivity contribution in [2.45, 2.75) is 19.5 Å². The van der Waals surface area contributed by atoms with Gasteiger partial charge in [-0.05, 0) is 30.7 Å². The number of hydrogen-bond acceptors (Lipinski definition) is 8. The number of ether oxygens (including phenoxy) is 1. The molecule has 1 aromatic rings. The van der Waals surface area contributed by atoms with Crippen LogP contribution in [0.4, 0.5) is 5.69 Å². The Morgan fingerprint density at radius 1 is 0.763 bits per heavy atom. The fourth-order valence-electron chi connectivity index (χ4n) is 3.84. The van der Waals surface area contributed by atoms with Crippen LogP contribution in [-0.2, 0) is 23.9 Å². The van der Waals surface area contributed by atoms with Crippen molar-refractivity contribution in [3.05, 3.63) is 53.6 Å². The van der Waals surface area contributed by atoms with Gasteiger partial charge in [0.2, 0.25) is 0 Å². The minimum absolute atomic E-state index is 0.558. The molecule has 0 amide bonds. The molecule has 4 N–H and O–H groups in total. The van der Waals surface area contributed by atoms with Crippen molar-refractivity contribution >= 4 is 41.2 Å². The molecule has 1 aromatic carbocycles. The number of piperazine rings is 1. The molecular formula is C25H34ClN3O9. The number of carboxylic acids is 4. The first-order chi connectivity index (χ1) is 18.0. The molecule has 13 heteroatoms. The van der Waals surface area contributed by atoms with E-state index in [1.54, 1.807) is 0 Å². The summed E-state index contributed by atoms with van der Waals surface area (Å²) in [6.07, 6.45) is 3.98. The van der Waals surface area contributed by atoms with Gasteiger partial charge in [-0.1, -0.05) is 18.5 Å². The lowest BCUT2D eigenvalue weighted by molar-refractivity contribution is -0.134. The zero-order valence-electron chi connectivity index (χ0n) is 21.1. The highest BCUT2D eigenvalue weighted by Gasteiger charge is 2.28. The van der Waals surface area contributed by atoms with E-state index in [0.717, 1.165) is 57.5 Å². The molecule has 38 heavy (non-hydrogen) atoms. The number of nitrogens with zero attached hydrogens (tertiary/aromatic N) is 3. The van der Waals surface area contributed by atoms with Gasteiger partial charge in [0.1, 0.15) is 0 Å². The molecule has 2 saturated heterocycles. The highest BCUT2D eigenvalue weighted by molar-refractivity contribution is 6.30. The van der Waals surface area contributed by atoms with Crippen molar-refractivity contribution in [1.82, 2.24) is 9.80 Å². The number of rotatable bonds is 8. The van der Waals surface area contributed by atoms with E-state index in [1.807, 2.05) is 12.1 Å². The predicted octanol–water partition coefficient (Wildman–Crippen LogP) is 1.95. The van der Waals surface area contributed by atoms with Gasteiger partial charge in [-0.15, -0.1) is 0 Å². The summed E-state index contributed by atoms with van der Waals surface area (Å²) >= 11 is 5.98. The lowest BCUT2D eigenvalue weighted by atomic mass is 10.2. The molecule has 0 aliphatic carbocycles. The predicted molar refractivity (Wildman–Crippen MR) is 141 cm³/mol. The van der Waals surface area contributed by atoms with Gasteiger partial charge in [0.15, 0.2) is 0 Å². The van der Waals surface area contributed by atoms with Crippen molar-refractivity contribution in [3.63, 3.8) is 0 Å². The number of morpholine rings is 1. The molecule has 210 valence electrons. The minimum Gasteiger partial charge on any atom is -0.478 e. The highest BCUT2D eigenvalue weighted by Crippen LogP contribution is 2.21. The lowest BCUT2D eigenvalue weighted by Gasteiger charge is -2.45. The molecule has 0 bridgehead atoms. The number of carbonyl (C=O) groups is 4. The minimum atomic E-state index is -1.26. The van der Waals surface area contributed by atoms with E-state index >= 15 is 0 Å². The van der Waals surface area contributed by atoms with Gasteiger partial charge < -0.3 is 30.1 Å². The van der Waals surface area contributed by atoms with Crippen LogP contribution in [0.1, 0.15) is 13.3 Å². The fourth-order valence-corrected chi connectivity index (χ4v) is 3.96. The van der Waals surface area contributed by atoms with E-state index in [0.29, 0.717) is 30.5 Å². The summed E-state index contributed by atoms with van der Waals surface area (Å²) in [5.41, 5.74) is 1.28. The summed E-state index contributed by atoms with van der Waals surface area (Å²) in [4.78, 5) is 45.9. The second kappa shape index (κ2) is 17.9. The van der Waals surface area contributed by atoms with Crippen molar-refractivity contribution in [2.75, 3.05) is 57.4 Å². The summed E-state index contributed by atoms with van der Waals surface area (Å²) in [6, 6.07) is 8.20. The normalized spacial score (nSPS) is 17.2. The Labute approximate surface area is 226 Å². The van der Waals surface area contributed by atoms with Crippen LogP contribution in [0.5, 0.6) is 0 Å². The molecule has 0 saturated carbocycles. The summed E-state index contributed by atoms with van der Waals surface area (Å²) in [6.45, 7) is 10.6. The van der Waals surface area contributed by atoms with Gasteiger partial charge >= 0.3 is 23.9 Å². The van der Waals surface area contributed by atoms with E-state index in [2.05, 4.69) is 33.8 Å². The van der Waals surface area contributed by atoms with E-state index < -0.39 is 23.9 Å². The zero-order valence-corrected chi connectivity index (χ0v) is 21.9. The topological polar surface area (TPSA) is 168 Å². The molecule has 2 aliphatic heterocycles. The Balaban J connectivity index is 0.000000374. The van der Waals surface area contributed by atoms with E-state index in [4.69, 9.17) is 36.8 Å². The first kappa shape index (κ1) is 32.6. The molecule has 12 nitrogen and oxygen atoms in total. The first-order valence-electron chi connectivity index (χ1n) is 11.9. The van der Waals surface area contributed by atoms with Gasteiger partial charge in [-0.2, -0.15) is 0 Å². The second-order valence-electron chi connectivity index (χ2n) is 8.06. The Morgan fingerprint density at radius 3 is 1.53 bits per heavy atom. The Hall–Kier alpha value is -3.45. The fraction of sp³-hybridized carbons (Fsp3) is 0.440. The molecule has 2 aliphatic rings. The molecule has 2 heterocycles. The molecule has 0 aromatic heterocycles. The first-order valence-corrected chi connectivity index (χ1v) is 12.3. The third-order valence-electron chi connectivity index (χ3n) is 5.50. The number of anilines is 1. The molecule has 2 fully saturated rings. The van der Waals surface area contributed by atoms with Gasteiger partial charge in [-0.3, -0.25) is 9.80 Å². The SMILES string of the molecule is CCC(N1CCOCC1)N1CCN(c2ccc(Cl)cc2)CC1.O=C(O)/C=C\C(=O)O.O=C(O)/C=C\C(=O)O. The van der Waals surface area contributed by atoms with Crippen molar-refractivity contribution < 1.29 is 44.3 Å². The van der Waals surface area contributed by atoms with Crippen molar-refractivity contribution in [2.24, 2.45) is 0 Å². The van der Waals surface area contributed by atoms with Crippen LogP contribution in [0.25, 0.3) is 0 Å². The summed E-state index contributed by atoms with van der Waals surface area (Å²) in [5.74, 6) is -5.03. The molecule has 0 radical (unpaired) electrons. The number of carboxylic acid groups (broad SMARTS) is 4. The van der Waals surface area contributed by atoms with E-state index in [9.17, 15) is 19.2 Å². The van der Waals surface area contributed by atoms with E-state index in [1.165, 1.54) is 12.1 Å². The maximum Gasteiger partial charge on any atom is 0.328 e. The molecule has 1 atom stereocenters. The van der Waals surface area contributed by atoms with Crippen LogP contribution in [-0.4, -0.2) is 113 Å². The van der Waals surface area contributed by atoms with Gasteiger partial charge in [0, 0.05) is 74.3 Å². The Morgan fingerprint density at radius 2 is 1.16 bits per heavy atom.